The Hall–Kier alpha value is -2.38. The van der Waals surface area contributed by atoms with Gasteiger partial charge in [0.25, 0.3) is 5.91 Å². The van der Waals surface area contributed by atoms with E-state index in [1.807, 2.05) is 0 Å². The average Bonchev–Trinajstić information content (AvgIpc) is 2.64. The smallest absolute Gasteiger partial charge is 0.251 e. The molecule has 0 saturated carbocycles. The normalized spacial score (nSPS) is 12.2. The molecule has 6 nitrogen and oxygen atoms in total. The first-order valence-electron chi connectivity index (χ1n) is 8.30. The van der Waals surface area contributed by atoms with Crippen LogP contribution in [0.4, 0.5) is 0 Å². The molecule has 0 aliphatic rings. The minimum atomic E-state index is -3.27. The Morgan fingerprint density at radius 1 is 1.04 bits per heavy atom. The highest BCUT2D eigenvalue weighted by Gasteiger charge is 2.22. The molecule has 0 spiro atoms. The second-order valence-corrected chi connectivity index (χ2v) is 8.85. The maximum Gasteiger partial charge on any atom is 0.251 e. The molecule has 2 amide bonds. The molecule has 2 N–H and O–H groups in total. The molecule has 1 atom stereocenters. The van der Waals surface area contributed by atoms with Crippen LogP contribution in [0.15, 0.2) is 54.6 Å². The fourth-order valence-corrected chi connectivity index (χ4v) is 3.14. The van der Waals surface area contributed by atoms with Gasteiger partial charge in [0.05, 0.1) is 5.75 Å². The minimum absolute atomic E-state index is 0.0101. The van der Waals surface area contributed by atoms with Gasteiger partial charge in [0.1, 0.15) is 15.9 Å². The highest BCUT2D eigenvalue weighted by molar-refractivity contribution is 7.90. The van der Waals surface area contributed by atoms with E-state index in [1.54, 1.807) is 54.6 Å². The Labute approximate surface area is 163 Å². The lowest BCUT2D eigenvalue weighted by Crippen LogP contribution is -2.47. The Morgan fingerprint density at radius 3 is 2.26 bits per heavy atom. The lowest BCUT2D eigenvalue weighted by Gasteiger charge is -2.18. The molecule has 0 radical (unpaired) electrons. The third kappa shape index (κ3) is 7.40. The van der Waals surface area contributed by atoms with Crippen LogP contribution in [0.2, 0.25) is 5.02 Å². The molecular formula is C19H21ClN2O4S. The van der Waals surface area contributed by atoms with Crippen molar-refractivity contribution in [3.8, 4) is 0 Å². The fourth-order valence-electron chi connectivity index (χ4n) is 2.35. The number of halogens is 1. The molecule has 0 fully saturated rings. The summed E-state index contributed by atoms with van der Waals surface area (Å²) < 4.78 is 22.9. The van der Waals surface area contributed by atoms with Crippen molar-refractivity contribution in [2.45, 2.75) is 19.0 Å². The quantitative estimate of drug-likeness (QED) is 0.700. The molecule has 2 aromatic rings. The van der Waals surface area contributed by atoms with Crippen LogP contribution in [-0.2, 0) is 21.2 Å². The lowest BCUT2D eigenvalue weighted by atomic mass is 10.1. The van der Waals surface area contributed by atoms with E-state index in [0.717, 1.165) is 11.8 Å². The second-order valence-electron chi connectivity index (χ2n) is 6.15. The van der Waals surface area contributed by atoms with Crippen LogP contribution in [-0.4, -0.2) is 38.3 Å². The molecular weight excluding hydrogens is 388 g/mol. The highest BCUT2D eigenvalue weighted by atomic mass is 35.5. The molecule has 0 heterocycles. The SMILES string of the molecule is CS(=O)(=O)CC[C@H](NC(=O)c1ccccc1)C(=O)NCc1ccc(Cl)cc1. The van der Waals surface area contributed by atoms with Crippen molar-refractivity contribution in [2.24, 2.45) is 0 Å². The van der Waals surface area contributed by atoms with Crippen LogP contribution in [0, 0.1) is 0 Å². The fraction of sp³-hybridized carbons (Fsp3) is 0.263. The molecule has 2 aromatic carbocycles. The van der Waals surface area contributed by atoms with Gasteiger partial charge in [-0.05, 0) is 36.2 Å². The van der Waals surface area contributed by atoms with E-state index >= 15 is 0 Å². The lowest BCUT2D eigenvalue weighted by molar-refractivity contribution is -0.123. The number of carbonyl (C=O) groups is 2. The highest BCUT2D eigenvalue weighted by Crippen LogP contribution is 2.09. The van der Waals surface area contributed by atoms with Crippen LogP contribution in [0.25, 0.3) is 0 Å². The molecule has 0 bridgehead atoms. The van der Waals surface area contributed by atoms with Crippen LogP contribution >= 0.6 is 11.6 Å². The third-order valence-corrected chi connectivity index (χ3v) is 5.04. The first-order chi connectivity index (χ1) is 12.7. The number of sulfone groups is 1. The van der Waals surface area contributed by atoms with Crippen molar-refractivity contribution < 1.29 is 18.0 Å². The molecule has 0 aliphatic heterocycles. The van der Waals surface area contributed by atoms with Crippen molar-refractivity contribution in [1.29, 1.82) is 0 Å². The Kier molecular flexibility index (Phi) is 7.38. The number of rotatable bonds is 8. The molecule has 2 rings (SSSR count). The van der Waals surface area contributed by atoms with E-state index in [1.165, 1.54) is 0 Å². The van der Waals surface area contributed by atoms with E-state index in [0.29, 0.717) is 10.6 Å². The van der Waals surface area contributed by atoms with Crippen molar-refractivity contribution in [3.63, 3.8) is 0 Å². The van der Waals surface area contributed by atoms with Gasteiger partial charge in [-0.2, -0.15) is 0 Å². The minimum Gasteiger partial charge on any atom is -0.350 e. The monoisotopic (exact) mass is 408 g/mol. The van der Waals surface area contributed by atoms with Gasteiger partial charge in [0.2, 0.25) is 5.91 Å². The predicted octanol–water partition coefficient (Wildman–Crippen LogP) is 2.19. The summed E-state index contributed by atoms with van der Waals surface area (Å²) in [6.07, 6.45) is 1.08. The Bertz CT molecular complexity index is 884. The Balaban J connectivity index is 2.04. The van der Waals surface area contributed by atoms with E-state index < -0.39 is 27.7 Å². The van der Waals surface area contributed by atoms with Gasteiger partial charge in [-0.15, -0.1) is 0 Å². The van der Waals surface area contributed by atoms with E-state index in [4.69, 9.17) is 11.6 Å². The molecule has 144 valence electrons. The zero-order valence-corrected chi connectivity index (χ0v) is 16.4. The topological polar surface area (TPSA) is 92.3 Å². The number of nitrogens with one attached hydrogen (secondary N) is 2. The molecule has 0 saturated heterocycles. The van der Waals surface area contributed by atoms with Gasteiger partial charge in [0, 0.05) is 23.4 Å². The van der Waals surface area contributed by atoms with E-state index in [2.05, 4.69) is 10.6 Å². The van der Waals surface area contributed by atoms with Gasteiger partial charge in [0.15, 0.2) is 0 Å². The van der Waals surface area contributed by atoms with Gasteiger partial charge in [-0.1, -0.05) is 41.9 Å². The van der Waals surface area contributed by atoms with Gasteiger partial charge < -0.3 is 10.6 Å². The van der Waals surface area contributed by atoms with E-state index in [-0.39, 0.29) is 18.7 Å². The molecule has 0 aromatic heterocycles. The predicted molar refractivity (Wildman–Crippen MR) is 105 cm³/mol. The second kappa shape index (κ2) is 9.53. The maximum atomic E-state index is 12.5. The van der Waals surface area contributed by atoms with Gasteiger partial charge >= 0.3 is 0 Å². The summed E-state index contributed by atoms with van der Waals surface area (Å²) in [6.45, 7) is 0.243. The summed E-state index contributed by atoms with van der Waals surface area (Å²) in [7, 11) is -3.27. The largest absolute Gasteiger partial charge is 0.350 e. The number of hydrogen-bond donors (Lipinski definition) is 2. The summed E-state index contributed by atoms with van der Waals surface area (Å²) in [4.78, 5) is 24.9. The summed E-state index contributed by atoms with van der Waals surface area (Å²) in [5.74, 6) is -1.09. The zero-order valence-electron chi connectivity index (χ0n) is 14.8. The molecule has 8 heteroatoms. The average molecular weight is 409 g/mol. The number of benzene rings is 2. The zero-order chi connectivity index (χ0) is 19.9. The molecule has 27 heavy (non-hydrogen) atoms. The van der Waals surface area contributed by atoms with Crippen molar-refractivity contribution in [1.82, 2.24) is 10.6 Å². The van der Waals surface area contributed by atoms with E-state index in [9.17, 15) is 18.0 Å². The molecule has 0 aliphatic carbocycles. The maximum absolute atomic E-state index is 12.5. The molecule has 0 unspecified atom stereocenters. The first kappa shape index (κ1) is 20.9. The van der Waals surface area contributed by atoms with Crippen LogP contribution < -0.4 is 10.6 Å². The Morgan fingerprint density at radius 2 is 1.67 bits per heavy atom. The van der Waals surface area contributed by atoms with Crippen molar-refractivity contribution >= 4 is 33.3 Å². The van der Waals surface area contributed by atoms with Gasteiger partial charge in [-0.25, -0.2) is 8.42 Å². The number of amides is 2. The van der Waals surface area contributed by atoms with Crippen LogP contribution in [0.1, 0.15) is 22.3 Å². The number of hydrogen-bond acceptors (Lipinski definition) is 4. The van der Waals surface area contributed by atoms with Crippen molar-refractivity contribution in [2.75, 3.05) is 12.0 Å². The standard InChI is InChI=1S/C19H21ClN2O4S/c1-27(25,26)12-11-17(22-18(23)15-5-3-2-4-6-15)19(24)21-13-14-7-9-16(20)10-8-14/h2-10,17H,11-13H2,1H3,(H,21,24)(H,22,23)/t17-/m0/s1. The summed E-state index contributed by atoms with van der Waals surface area (Å²) in [6, 6.07) is 14.4. The van der Waals surface area contributed by atoms with Crippen LogP contribution in [0.3, 0.4) is 0 Å². The van der Waals surface area contributed by atoms with Crippen LogP contribution in [0.5, 0.6) is 0 Å². The third-order valence-electron chi connectivity index (χ3n) is 3.82. The van der Waals surface area contributed by atoms with Crippen molar-refractivity contribution in [3.05, 3.63) is 70.7 Å². The summed E-state index contributed by atoms with van der Waals surface area (Å²) in [5.41, 5.74) is 1.23. The van der Waals surface area contributed by atoms with Gasteiger partial charge in [-0.3, -0.25) is 9.59 Å². The first-order valence-corrected chi connectivity index (χ1v) is 10.7. The summed E-state index contributed by atoms with van der Waals surface area (Å²) >= 11 is 5.83. The number of carbonyl (C=O) groups excluding carboxylic acids is 2. The summed E-state index contributed by atoms with van der Waals surface area (Å²) in [5, 5.41) is 5.92.